The molecule has 1 aliphatic rings. The Hall–Kier alpha value is -1.84. The van der Waals surface area contributed by atoms with Gasteiger partial charge < -0.3 is 10.2 Å². The van der Waals surface area contributed by atoms with Gasteiger partial charge in [-0.05, 0) is 12.1 Å². The summed E-state index contributed by atoms with van der Waals surface area (Å²) in [4.78, 5) is 24.1. The predicted molar refractivity (Wildman–Crippen MR) is 57.6 cm³/mol. The van der Waals surface area contributed by atoms with Crippen LogP contribution in [0.1, 0.15) is 6.92 Å². The summed E-state index contributed by atoms with van der Waals surface area (Å²) in [5.41, 5.74) is 1.45. The first-order chi connectivity index (χ1) is 7.22. The number of nitrogens with one attached hydrogen (secondary N) is 1. The molecule has 4 nitrogen and oxygen atoms in total. The van der Waals surface area contributed by atoms with E-state index in [1.54, 1.807) is 17.9 Å². The van der Waals surface area contributed by atoms with Gasteiger partial charge in [-0.15, -0.1) is 0 Å². The molecular weight excluding hydrogens is 192 g/mol. The lowest BCUT2D eigenvalue weighted by Gasteiger charge is -2.17. The summed E-state index contributed by atoms with van der Waals surface area (Å²) in [5, 5.41) is 2.80. The first-order valence-corrected chi connectivity index (χ1v) is 4.84. The van der Waals surface area contributed by atoms with E-state index in [0.717, 1.165) is 12.1 Å². The number of rotatable bonds is 1. The average Bonchev–Trinajstić information content (AvgIpc) is 2.37. The highest BCUT2D eigenvalue weighted by molar-refractivity contribution is 6.00. The van der Waals surface area contributed by atoms with Gasteiger partial charge in [-0.3, -0.25) is 9.59 Å². The molecule has 0 spiro atoms. The molecule has 0 saturated heterocycles. The molecule has 0 fully saturated rings. The van der Waals surface area contributed by atoms with Gasteiger partial charge >= 0.3 is 0 Å². The van der Waals surface area contributed by atoms with Crippen LogP contribution < -0.4 is 10.2 Å². The van der Waals surface area contributed by atoms with Crippen LogP contribution in [0.3, 0.4) is 0 Å². The number of amides is 2. The number of hydrogen-bond donors (Lipinski definition) is 1. The molecule has 15 heavy (non-hydrogen) atoms. The number of nitrogens with zero attached hydrogens (tertiary/aromatic N) is 1. The standard InChI is InChI=1S/C11H12N2O2/c1-8-6-13(7-14)10-5-3-2-4-9(10)12-11(8)15/h2-5,7-8H,6H2,1H3,(H,12,15)/t8-/m0/s1. The van der Waals surface area contributed by atoms with Gasteiger partial charge in [0, 0.05) is 6.54 Å². The number of anilines is 2. The van der Waals surface area contributed by atoms with Gasteiger partial charge in [-0.25, -0.2) is 0 Å². The maximum Gasteiger partial charge on any atom is 0.229 e. The van der Waals surface area contributed by atoms with Crippen molar-refractivity contribution in [1.82, 2.24) is 0 Å². The third kappa shape index (κ3) is 1.70. The first-order valence-electron chi connectivity index (χ1n) is 4.84. The monoisotopic (exact) mass is 204 g/mol. The minimum atomic E-state index is -0.192. The second-order valence-corrected chi connectivity index (χ2v) is 3.67. The summed E-state index contributed by atoms with van der Waals surface area (Å²) in [5.74, 6) is -0.241. The Kier molecular flexibility index (Phi) is 2.41. The molecule has 78 valence electrons. The Morgan fingerprint density at radius 2 is 2.20 bits per heavy atom. The van der Waals surface area contributed by atoms with E-state index in [1.165, 1.54) is 0 Å². The zero-order valence-electron chi connectivity index (χ0n) is 8.43. The summed E-state index contributed by atoms with van der Waals surface area (Å²) in [6.07, 6.45) is 0.760. The van der Waals surface area contributed by atoms with Crippen molar-refractivity contribution in [1.29, 1.82) is 0 Å². The number of fused-ring (bicyclic) bond motifs is 1. The van der Waals surface area contributed by atoms with Gasteiger partial charge in [0.25, 0.3) is 0 Å². The maximum absolute atomic E-state index is 11.6. The Morgan fingerprint density at radius 1 is 1.47 bits per heavy atom. The molecule has 2 rings (SSSR count). The van der Waals surface area contributed by atoms with Crippen molar-refractivity contribution in [2.45, 2.75) is 6.92 Å². The van der Waals surface area contributed by atoms with Crippen LogP contribution in [0.15, 0.2) is 24.3 Å². The van der Waals surface area contributed by atoms with E-state index in [2.05, 4.69) is 5.32 Å². The quantitative estimate of drug-likeness (QED) is 0.699. The van der Waals surface area contributed by atoms with Crippen LogP contribution in [0.5, 0.6) is 0 Å². The number of carbonyl (C=O) groups excluding carboxylic acids is 2. The van der Waals surface area contributed by atoms with Crippen LogP contribution in [0, 0.1) is 5.92 Å². The SMILES string of the molecule is C[C@H]1CN(C=O)c2ccccc2NC1=O. The Bertz CT molecular complexity index is 403. The second kappa shape index (κ2) is 3.73. The summed E-state index contributed by atoms with van der Waals surface area (Å²) in [6, 6.07) is 7.29. The Balaban J connectivity index is 2.46. The van der Waals surface area contributed by atoms with E-state index in [0.29, 0.717) is 12.2 Å². The van der Waals surface area contributed by atoms with E-state index in [9.17, 15) is 9.59 Å². The molecule has 0 bridgehead atoms. The molecule has 1 aliphatic heterocycles. The van der Waals surface area contributed by atoms with Gasteiger partial charge in [-0.1, -0.05) is 19.1 Å². The summed E-state index contributed by atoms with van der Waals surface area (Å²) >= 11 is 0. The van der Waals surface area contributed by atoms with E-state index >= 15 is 0 Å². The largest absolute Gasteiger partial charge is 0.324 e. The first kappa shape index (κ1) is 9.71. The fraction of sp³-hybridized carbons (Fsp3) is 0.273. The van der Waals surface area contributed by atoms with Crippen molar-refractivity contribution in [2.75, 3.05) is 16.8 Å². The predicted octanol–water partition coefficient (Wildman–Crippen LogP) is 1.24. The number of carbonyl (C=O) groups is 2. The molecule has 1 aromatic rings. The molecule has 0 unspecified atom stereocenters. The van der Waals surface area contributed by atoms with Gasteiger partial charge in [0.1, 0.15) is 0 Å². The minimum Gasteiger partial charge on any atom is -0.324 e. The lowest BCUT2D eigenvalue weighted by molar-refractivity contribution is -0.119. The van der Waals surface area contributed by atoms with E-state index in [4.69, 9.17) is 0 Å². The number of para-hydroxylation sites is 2. The summed E-state index contributed by atoms with van der Waals surface area (Å²) in [7, 11) is 0. The topological polar surface area (TPSA) is 49.4 Å². The van der Waals surface area contributed by atoms with E-state index in [1.807, 2.05) is 18.2 Å². The molecule has 0 aliphatic carbocycles. The minimum absolute atomic E-state index is 0.0493. The third-order valence-corrected chi connectivity index (χ3v) is 2.52. The van der Waals surface area contributed by atoms with Crippen molar-refractivity contribution in [3.63, 3.8) is 0 Å². The van der Waals surface area contributed by atoms with Crippen LogP contribution >= 0.6 is 0 Å². The zero-order valence-corrected chi connectivity index (χ0v) is 8.43. The molecule has 1 heterocycles. The van der Waals surface area contributed by atoms with E-state index < -0.39 is 0 Å². The molecule has 1 N–H and O–H groups in total. The van der Waals surface area contributed by atoms with Crippen molar-refractivity contribution in [3.8, 4) is 0 Å². The molecule has 0 saturated carbocycles. The summed E-state index contributed by atoms with van der Waals surface area (Å²) in [6.45, 7) is 2.23. The third-order valence-electron chi connectivity index (χ3n) is 2.52. The molecule has 4 heteroatoms. The van der Waals surface area contributed by atoms with Crippen molar-refractivity contribution < 1.29 is 9.59 Å². The number of hydrogen-bond acceptors (Lipinski definition) is 2. The fourth-order valence-electron chi connectivity index (χ4n) is 1.66. The van der Waals surface area contributed by atoms with Crippen LogP contribution in [0.25, 0.3) is 0 Å². The van der Waals surface area contributed by atoms with Crippen LogP contribution in [-0.4, -0.2) is 18.9 Å². The fourth-order valence-corrected chi connectivity index (χ4v) is 1.66. The normalized spacial score (nSPS) is 20.2. The van der Waals surface area contributed by atoms with Crippen LogP contribution in [0.2, 0.25) is 0 Å². The van der Waals surface area contributed by atoms with Crippen molar-refractivity contribution >= 4 is 23.7 Å². The number of benzene rings is 1. The second-order valence-electron chi connectivity index (χ2n) is 3.67. The molecular formula is C11H12N2O2. The smallest absolute Gasteiger partial charge is 0.229 e. The highest BCUT2D eigenvalue weighted by atomic mass is 16.2. The molecule has 0 radical (unpaired) electrons. The lowest BCUT2D eigenvalue weighted by Crippen LogP contribution is -2.29. The van der Waals surface area contributed by atoms with Crippen molar-refractivity contribution in [2.24, 2.45) is 5.92 Å². The zero-order chi connectivity index (χ0) is 10.8. The maximum atomic E-state index is 11.6. The van der Waals surface area contributed by atoms with Gasteiger partial charge in [-0.2, -0.15) is 0 Å². The molecule has 1 aromatic carbocycles. The molecule has 2 amide bonds. The van der Waals surface area contributed by atoms with Crippen LogP contribution in [0.4, 0.5) is 11.4 Å². The molecule has 0 aromatic heterocycles. The average molecular weight is 204 g/mol. The Labute approximate surface area is 87.9 Å². The van der Waals surface area contributed by atoms with Crippen molar-refractivity contribution in [3.05, 3.63) is 24.3 Å². The van der Waals surface area contributed by atoms with Gasteiger partial charge in [0.15, 0.2) is 0 Å². The van der Waals surface area contributed by atoms with Gasteiger partial charge in [0.2, 0.25) is 12.3 Å². The van der Waals surface area contributed by atoms with E-state index in [-0.39, 0.29) is 11.8 Å². The van der Waals surface area contributed by atoms with Crippen LogP contribution in [-0.2, 0) is 9.59 Å². The lowest BCUT2D eigenvalue weighted by atomic mass is 10.1. The Morgan fingerprint density at radius 3 is 2.93 bits per heavy atom. The highest BCUT2D eigenvalue weighted by Gasteiger charge is 2.23. The van der Waals surface area contributed by atoms with Gasteiger partial charge in [0.05, 0.1) is 17.3 Å². The highest BCUT2D eigenvalue weighted by Crippen LogP contribution is 2.28. The summed E-state index contributed by atoms with van der Waals surface area (Å²) < 4.78 is 0. The molecule has 1 atom stereocenters.